The van der Waals surface area contributed by atoms with Gasteiger partial charge in [-0.3, -0.25) is 0 Å². The van der Waals surface area contributed by atoms with Gasteiger partial charge in [0.05, 0.1) is 33.0 Å². The van der Waals surface area contributed by atoms with E-state index in [1.165, 1.54) is 183 Å². The molecule has 0 saturated carbocycles. The summed E-state index contributed by atoms with van der Waals surface area (Å²) in [5.41, 5.74) is 45.6. The predicted octanol–water partition coefficient (Wildman–Crippen LogP) is 23.6. The summed E-state index contributed by atoms with van der Waals surface area (Å²) in [7, 11) is 0. The first-order valence-corrected chi connectivity index (χ1v) is 38.4. The first-order chi connectivity index (χ1) is 54.1. The Morgan fingerprint density at radius 2 is 0.560 bits per heavy atom. The lowest BCUT2D eigenvalue weighted by Crippen LogP contribution is -2.63. The van der Waals surface area contributed by atoms with E-state index in [2.05, 4.69) is 390 Å². The highest BCUT2D eigenvalue weighted by molar-refractivity contribution is 7.01. The summed E-state index contributed by atoms with van der Waals surface area (Å²) in [6, 6.07) is 146. The van der Waals surface area contributed by atoms with Gasteiger partial charge >= 0.3 is 0 Å². The van der Waals surface area contributed by atoms with Crippen LogP contribution in [0.25, 0.3) is 105 Å². The van der Waals surface area contributed by atoms with Crippen molar-refractivity contribution in [2.24, 2.45) is 0 Å². The largest absolute Gasteiger partial charge is 0.311 e. The number of para-hydroxylation sites is 2. The van der Waals surface area contributed by atoms with Crippen LogP contribution in [-0.4, -0.2) is 11.3 Å². The lowest BCUT2D eigenvalue weighted by molar-refractivity contribution is 0.790. The van der Waals surface area contributed by atoms with E-state index in [4.69, 9.17) is 0 Å². The van der Waals surface area contributed by atoms with Crippen LogP contribution in [0.2, 0.25) is 0 Å². The molecule has 0 atom stereocenters. The summed E-state index contributed by atoms with van der Waals surface area (Å²) in [6.45, 7) is -0.337. The van der Waals surface area contributed by atoms with Crippen molar-refractivity contribution >= 4 is 79.0 Å². The zero-order chi connectivity index (χ0) is 70.7. The van der Waals surface area contributed by atoms with E-state index >= 15 is 0 Å². The third kappa shape index (κ3) is 6.92. The maximum atomic E-state index is 2.83. The zero-order valence-electron chi connectivity index (χ0n) is 59.2. The fraction of sp³-hybridized carbons (Fsp3) is 0.0286. The van der Waals surface area contributed by atoms with Gasteiger partial charge in [-0.15, -0.1) is 0 Å². The molecular formula is C105H62BN3. The summed E-state index contributed by atoms with van der Waals surface area (Å²) in [6.07, 6.45) is 0. The summed E-state index contributed by atoms with van der Waals surface area (Å²) in [5, 5.41) is 2.44. The van der Waals surface area contributed by atoms with Crippen LogP contribution < -0.4 is 26.2 Å². The molecule has 1 aromatic heterocycles. The first-order valence-electron chi connectivity index (χ1n) is 38.4. The SMILES string of the molecule is c1ccc(-c2ccc(N3c4cc(-n5c6ccccc6c6ccccc65)cc5c4B(c4ccc6c(c4N5c4ccc5c(c4)C4(c7ccccc7-c7ccccc74)c4ccccc4-5)C4(c5ccccc5-c5ccccc54)c4ccccc4-6)c4c3ccc3c4C4(c5ccccc5-c5ccccc54)c4ccccc4-3)cc2)cc1. The van der Waals surface area contributed by atoms with Gasteiger partial charge in [-0.2, -0.15) is 0 Å². The third-order valence-electron chi connectivity index (χ3n) is 26.6. The third-order valence-corrected chi connectivity index (χ3v) is 26.6. The Hall–Kier alpha value is -13.8. The van der Waals surface area contributed by atoms with Crippen LogP contribution in [0, 0.1) is 0 Å². The van der Waals surface area contributed by atoms with Crippen LogP contribution in [0.1, 0.15) is 66.8 Å². The zero-order valence-corrected chi connectivity index (χ0v) is 59.2. The second-order valence-electron chi connectivity index (χ2n) is 31.0. The monoisotopic (exact) mass is 1380 g/mol. The quantitative estimate of drug-likeness (QED) is 0.163. The minimum absolute atomic E-state index is 0.337. The topological polar surface area (TPSA) is 11.4 Å². The van der Waals surface area contributed by atoms with E-state index in [-0.39, 0.29) is 6.71 Å². The van der Waals surface area contributed by atoms with Crippen molar-refractivity contribution in [3.05, 3.63) is 443 Å². The Balaban J connectivity index is 0.872. The van der Waals surface area contributed by atoms with Gasteiger partial charge < -0.3 is 14.4 Å². The highest BCUT2D eigenvalue weighted by Gasteiger charge is 2.60. The van der Waals surface area contributed by atoms with E-state index < -0.39 is 16.2 Å². The van der Waals surface area contributed by atoms with Crippen molar-refractivity contribution in [1.82, 2.24) is 4.57 Å². The number of fused-ring (bicyclic) bond motifs is 39. The molecule has 500 valence electrons. The molecule has 3 heterocycles. The second kappa shape index (κ2) is 20.8. The molecule has 0 N–H and O–H groups in total. The Bertz CT molecular complexity index is 6910. The van der Waals surface area contributed by atoms with Gasteiger partial charge in [0.1, 0.15) is 0 Å². The molecule has 0 fully saturated rings. The lowest BCUT2D eigenvalue weighted by atomic mass is 9.31. The van der Waals surface area contributed by atoms with E-state index in [0.717, 1.165) is 39.5 Å². The lowest BCUT2D eigenvalue weighted by Gasteiger charge is -2.48. The number of rotatable bonds is 4. The predicted molar refractivity (Wildman–Crippen MR) is 449 cm³/mol. The normalized spacial score (nSPS) is 15.0. The molecule has 4 heteroatoms. The molecule has 0 amide bonds. The average molecular weight is 1380 g/mol. The number of benzene rings is 17. The molecular weight excluding hydrogens is 1310 g/mol. The van der Waals surface area contributed by atoms with Gasteiger partial charge in [-0.25, -0.2) is 0 Å². The van der Waals surface area contributed by atoms with Crippen molar-refractivity contribution in [3.63, 3.8) is 0 Å². The van der Waals surface area contributed by atoms with Crippen LogP contribution in [0.4, 0.5) is 34.1 Å². The van der Waals surface area contributed by atoms with E-state index in [9.17, 15) is 0 Å². The highest BCUT2D eigenvalue weighted by atomic mass is 15.2. The van der Waals surface area contributed by atoms with Crippen LogP contribution in [0.3, 0.4) is 0 Å². The summed E-state index contributed by atoms with van der Waals surface area (Å²) in [4.78, 5) is 5.52. The Morgan fingerprint density at radius 1 is 0.211 bits per heavy atom. The fourth-order valence-electron chi connectivity index (χ4n) is 22.9. The molecule has 3 nitrogen and oxygen atoms in total. The van der Waals surface area contributed by atoms with Gasteiger partial charge in [-0.1, -0.05) is 322 Å². The molecule has 2 aliphatic heterocycles. The van der Waals surface area contributed by atoms with Crippen molar-refractivity contribution in [3.8, 4) is 83.6 Å². The first kappa shape index (κ1) is 58.5. The maximum Gasteiger partial charge on any atom is 0.252 e. The van der Waals surface area contributed by atoms with Crippen molar-refractivity contribution in [2.75, 3.05) is 9.80 Å². The smallest absolute Gasteiger partial charge is 0.252 e. The van der Waals surface area contributed by atoms with Crippen molar-refractivity contribution in [1.29, 1.82) is 0 Å². The average Bonchev–Trinajstić information content (AvgIpc) is 1.54. The number of anilines is 6. The molecule has 26 rings (SSSR count). The summed E-state index contributed by atoms with van der Waals surface area (Å²) < 4.78 is 2.58. The van der Waals surface area contributed by atoms with Crippen LogP contribution >= 0.6 is 0 Å². The molecule has 18 aromatic rings. The van der Waals surface area contributed by atoms with Crippen LogP contribution in [-0.2, 0) is 16.2 Å². The van der Waals surface area contributed by atoms with Crippen LogP contribution in [0.5, 0.6) is 0 Å². The molecule has 109 heavy (non-hydrogen) atoms. The number of hydrogen-bond donors (Lipinski definition) is 0. The van der Waals surface area contributed by atoms with Crippen LogP contribution in [0.15, 0.2) is 376 Å². The second-order valence-corrected chi connectivity index (χ2v) is 31.0. The molecule has 17 aromatic carbocycles. The highest BCUT2D eigenvalue weighted by Crippen LogP contribution is 2.69. The van der Waals surface area contributed by atoms with Crippen molar-refractivity contribution in [2.45, 2.75) is 16.2 Å². The molecule has 3 spiro atoms. The Labute approximate surface area is 631 Å². The summed E-state index contributed by atoms with van der Waals surface area (Å²) in [5.74, 6) is 0. The molecule has 0 saturated heterocycles. The minimum Gasteiger partial charge on any atom is -0.311 e. The van der Waals surface area contributed by atoms with Gasteiger partial charge in [0, 0.05) is 50.5 Å². The van der Waals surface area contributed by atoms with Gasteiger partial charge in [0.2, 0.25) is 0 Å². The van der Waals surface area contributed by atoms with Gasteiger partial charge in [0.25, 0.3) is 6.71 Å². The van der Waals surface area contributed by atoms with Gasteiger partial charge in [0.15, 0.2) is 0 Å². The molecule has 6 aliphatic carbocycles. The minimum atomic E-state index is -0.755. The number of hydrogen-bond acceptors (Lipinski definition) is 2. The van der Waals surface area contributed by atoms with E-state index in [1.54, 1.807) is 0 Å². The fourth-order valence-corrected chi connectivity index (χ4v) is 22.9. The molecule has 8 aliphatic rings. The molecule has 0 bridgehead atoms. The van der Waals surface area contributed by atoms with E-state index in [1.807, 2.05) is 0 Å². The molecule has 0 radical (unpaired) electrons. The number of aromatic nitrogens is 1. The van der Waals surface area contributed by atoms with E-state index in [0.29, 0.717) is 0 Å². The Kier molecular flexibility index (Phi) is 11.2. The molecule has 0 unspecified atom stereocenters. The van der Waals surface area contributed by atoms with Gasteiger partial charge in [-0.05, 0) is 210 Å². The number of nitrogens with zero attached hydrogens (tertiary/aromatic N) is 3. The van der Waals surface area contributed by atoms with Crippen molar-refractivity contribution < 1.29 is 0 Å². The maximum absolute atomic E-state index is 2.83. The Morgan fingerprint density at radius 3 is 1.04 bits per heavy atom. The summed E-state index contributed by atoms with van der Waals surface area (Å²) >= 11 is 0. The standard InChI is InChI=1S/C105H62BN3/c1-2-26-63(27-3-1)64-50-52-65(53-51-64)107-95-59-57-80-75-35-11-22-46-89(75)104(85-42-18-7-30-70(85)71-31-8-19-43-86(71)104)98(80)101(95)106-92-58-56-81-76-36-12-23-47-90(76)105(87-44-20-9-32-72(87)73-33-10-21-45-88(73)105)99(81)102(92)109(97-62-67(61-96(107)100(97)106)108-93-48-24-13-37-78(93)79-38-14-25-49-94(79)108)66-54-55-77-74-34-6-17-41-84(74)103(91(77)60-66)82-39-15-4-28-68(82)69-29-5-16-40-83(69)103/h1-62H.